The number of nitrogens with one attached hydrogen (secondary N) is 1. The van der Waals surface area contributed by atoms with E-state index in [1.807, 2.05) is 42.2 Å². The van der Waals surface area contributed by atoms with Crippen molar-refractivity contribution in [2.75, 3.05) is 49.6 Å². The molecule has 37 heavy (non-hydrogen) atoms. The summed E-state index contributed by atoms with van der Waals surface area (Å²) >= 11 is 1.11. The van der Waals surface area contributed by atoms with E-state index in [2.05, 4.69) is 20.2 Å². The van der Waals surface area contributed by atoms with Crippen molar-refractivity contribution in [1.82, 2.24) is 15.3 Å². The molecule has 196 valence electrons. The number of halogens is 3. The number of anilines is 2. The lowest BCUT2D eigenvalue weighted by Crippen LogP contribution is -2.47. The summed E-state index contributed by atoms with van der Waals surface area (Å²) in [6.45, 7) is 4.68. The number of methoxy groups -OCH3 is 1. The van der Waals surface area contributed by atoms with Crippen LogP contribution in [0.1, 0.15) is 28.5 Å². The maximum atomic E-state index is 13.7. The predicted molar refractivity (Wildman–Crippen MR) is 138 cm³/mol. The summed E-state index contributed by atoms with van der Waals surface area (Å²) in [5, 5.41) is 2.79. The molecular formula is C26H28F3N5O2S. The normalized spacial score (nSPS) is 14.0. The molecule has 1 amide bonds. The van der Waals surface area contributed by atoms with Gasteiger partial charge in [0.05, 0.1) is 7.11 Å². The van der Waals surface area contributed by atoms with Crippen LogP contribution < -0.4 is 19.9 Å². The number of rotatable bonds is 8. The van der Waals surface area contributed by atoms with E-state index in [1.54, 1.807) is 25.3 Å². The highest BCUT2D eigenvalue weighted by molar-refractivity contribution is 7.98. The van der Waals surface area contributed by atoms with Crippen molar-refractivity contribution in [3.63, 3.8) is 0 Å². The fraction of sp³-hybridized carbons (Fsp3) is 0.346. The van der Waals surface area contributed by atoms with Crippen molar-refractivity contribution in [1.29, 1.82) is 0 Å². The van der Waals surface area contributed by atoms with Crippen molar-refractivity contribution < 1.29 is 22.7 Å². The van der Waals surface area contributed by atoms with E-state index in [4.69, 9.17) is 4.74 Å². The number of amides is 1. The molecule has 1 aromatic heterocycles. The van der Waals surface area contributed by atoms with Gasteiger partial charge < -0.3 is 19.9 Å². The molecule has 0 unspecified atom stereocenters. The molecule has 1 saturated heterocycles. The third kappa shape index (κ3) is 6.85. The molecule has 0 saturated carbocycles. The Morgan fingerprint density at radius 2 is 1.73 bits per heavy atom. The van der Waals surface area contributed by atoms with Gasteiger partial charge >= 0.3 is 6.18 Å². The van der Waals surface area contributed by atoms with E-state index in [1.165, 1.54) is 0 Å². The first-order chi connectivity index (χ1) is 17.8. The Labute approximate surface area is 218 Å². The van der Waals surface area contributed by atoms with Gasteiger partial charge in [-0.25, -0.2) is 9.97 Å². The quantitative estimate of drug-likeness (QED) is 0.328. The number of carbonyl (C=O) groups excluding carboxylic acids is 1. The van der Waals surface area contributed by atoms with Gasteiger partial charge in [0.2, 0.25) is 0 Å². The molecule has 2 aromatic carbocycles. The molecule has 0 spiro atoms. The van der Waals surface area contributed by atoms with Crippen molar-refractivity contribution in [3.05, 3.63) is 71.4 Å². The fourth-order valence-electron chi connectivity index (χ4n) is 3.98. The van der Waals surface area contributed by atoms with Crippen LogP contribution in [0.3, 0.4) is 0 Å². The summed E-state index contributed by atoms with van der Waals surface area (Å²) in [5.74, 6) is 1.17. The summed E-state index contributed by atoms with van der Waals surface area (Å²) in [5.41, 5.74) is 1.36. The van der Waals surface area contributed by atoms with Crippen LogP contribution in [-0.2, 0) is 11.9 Å². The second kappa shape index (κ2) is 11.7. The first kappa shape index (κ1) is 26.6. The Morgan fingerprint density at radius 3 is 2.38 bits per heavy atom. The van der Waals surface area contributed by atoms with Crippen LogP contribution in [0.25, 0.3) is 0 Å². The Morgan fingerprint density at radius 1 is 1.03 bits per heavy atom. The number of aromatic nitrogens is 2. The van der Waals surface area contributed by atoms with Gasteiger partial charge in [0.1, 0.15) is 11.6 Å². The SMILES string of the molecule is CCNC(=O)c1cccc(CSc2nc(N3CCN(c4ccc(OC)cc4)CC3)cc(C(F)(F)F)n2)c1. The zero-order valence-electron chi connectivity index (χ0n) is 20.6. The van der Waals surface area contributed by atoms with E-state index in [0.29, 0.717) is 44.0 Å². The lowest BCUT2D eigenvalue weighted by atomic mass is 10.1. The summed E-state index contributed by atoms with van der Waals surface area (Å²) in [4.78, 5) is 24.4. The highest BCUT2D eigenvalue weighted by Gasteiger charge is 2.34. The standard InChI is InChI=1S/C26H28F3N5O2S/c1-3-30-24(35)19-6-4-5-18(15-19)17-37-25-31-22(26(27,28)29)16-23(32-25)34-13-11-33(12-14-34)20-7-9-21(36-2)10-8-20/h4-10,15-16H,3,11-14,17H2,1-2H3,(H,30,35). The molecule has 0 bridgehead atoms. The third-order valence-corrected chi connectivity index (χ3v) is 6.84. The van der Waals surface area contributed by atoms with Crippen LogP contribution in [0.15, 0.2) is 59.8 Å². The molecule has 0 radical (unpaired) electrons. The zero-order valence-corrected chi connectivity index (χ0v) is 21.4. The van der Waals surface area contributed by atoms with Gasteiger partial charge in [0.25, 0.3) is 5.91 Å². The number of ether oxygens (including phenoxy) is 1. The summed E-state index contributed by atoms with van der Waals surface area (Å²) in [6.07, 6.45) is -4.59. The highest BCUT2D eigenvalue weighted by Crippen LogP contribution is 2.33. The first-order valence-electron chi connectivity index (χ1n) is 11.9. The van der Waals surface area contributed by atoms with Gasteiger partial charge in [0, 0.05) is 55.8 Å². The van der Waals surface area contributed by atoms with Gasteiger partial charge in [-0.05, 0) is 48.9 Å². The van der Waals surface area contributed by atoms with Crippen LogP contribution >= 0.6 is 11.8 Å². The molecule has 1 N–H and O–H groups in total. The third-order valence-electron chi connectivity index (χ3n) is 5.92. The minimum absolute atomic E-state index is 0.0471. The second-order valence-corrected chi connectivity index (χ2v) is 9.35. The lowest BCUT2D eigenvalue weighted by Gasteiger charge is -2.37. The summed E-state index contributed by atoms with van der Waals surface area (Å²) < 4.78 is 46.2. The largest absolute Gasteiger partial charge is 0.497 e. The molecule has 1 aliphatic heterocycles. The van der Waals surface area contributed by atoms with Crippen LogP contribution in [0, 0.1) is 0 Å². The van der Waals surface area contributed by atoms with Gasteiger partial charge in [-0.2, -0.15) is 13.2 Å². The van der Waals surface area contributed by atoms with Crippen LogP contribution in [0.4, 0.5) is 24.7 Å². The monoisotopic (exact) mass is 531 g/mol. The van der Waals surface area contributed by atoms with E-state index in [9.17, 15) is 18.0 Å². The maximum Gasteiger partial charge on any atom is 0.433 e. The number of piperazine rings is 1. The zero-order chi connectivity index (χ0) is 26.4. The van der Waals surface area contributed by atoms with Crippen molar-refractivity contribution in [3.8, 4) is 5.75 Å². The summed E-state index contributed by atoms with van der Waals surface area (Å²) in [6, 6.07) is 15.7. The van der Waals surface area contributed by atoms with Gasteiger partial charge in [-0.15, -0.1) is 0 Å². The van der Waals surface area contributed by atoms with Crippen molar-refractivity contribution >= 4 is 29.2 Å². The molecular weight excluding hydrogens is 503 g/mol. The number of alkyl halides is 3. The number of nitrogens with zero attached hydrogens (tertiary/aromatic N) is 4. The van der Waals surface area contributed by atoms with E-state index in [-0.39, 0.29) is 16.9 Å². The van der Waals surface area contributed by atoms with Crippen molar-refractivity contribution in [2.45, 2.75) is 24.0 Å². The molecule has 4 rings (SSSR count). The van der Waals surface area contributed by atoms with E-state index >= 15 is 0 Å². The number of carbonyl (C=O) groups is 1. The highest BCUT2D eigenvalue weighted by atomic mass is 32.2. The van der Waals surface area contributed by atoms with Gasteiger partial charge in [-0.1, -0.05) is 23.9 Å². The van der Waals surface area contributed by atoms with Crippen LogP contribution in [0.2, 0.25) is 0 Å². The second-order valence-electron chi connectivity index (χ2n) is 8.41. The smallest absolute Gasteiger partial charge is 0.433 e. The average Bonchev–Trinajstić information content (AvgIpc) is 2.92. The summed E-state index contributed by atoms with van der Waals surface area (Å²) in [7, 11) is 1.61. The predicted octanol–water partition coefficient (Wildman–Crippen LogP) is 4.87. The van der Waals surface area contributed by atoms with E-state index in [0.717, 1.165) is 34.8 Å². The molecule has 1 fully saturated rings. The molecule has 3 aromatic rings. The fourth-order valence-corrected chi connectivity index (χ4v) is 4.78. The Kier molecular flexibility index (Phi) is 8.42. The number of hydrogen-bond donors (Lipinski definition) is 1. The van der Waals surface area contributed by atoms with E-state index < -0.39 is 11.9 Å². The van der Waals surface area contributed by atoms with Gasteiger partial charge in [-0.3, -0.25) is 4.79 Å². The van der Waals surface area contributed by atoms with Crippen molar-refractivity contribution in [2.24, 2.45) is 0 Å². The molecule has 11 heteroatoms. The Bertz CT molecular complexity index is 1220. The Balaban J connectivity index is 1.47. The first-order valence-corrected chi connectivity index (χ1v) is 12.9. The van der Waals surface area contributed by atoms with Crippen LogP contribution in [-0.4, -0.2) is 55.7 Å². The van der Waals surface area contributed by atoms with Crippen LogP contribution in [0.5, 0.6) is 5.75 Å². The minimum Gasteiger partial charge on any atom is -0.497 e. The lowest BCUT2D eigenvalue weighted by molar-refractivity contribution is -0.141. The molecule has 0 atom stereocenters. The molecule has 1 aliphatic rings. The molecule has 0 aliphatic carbocycles. The number of thioether (sulfide) groups is 1. The maximum absolute atomic E-state index is 13.7. The average molecular weight is 532 g/mol. The molecule has 2 heterocycles. The molecule has 7 nitrogen and oxygen atoms in total. The van der Waals surface area contributed by atoms with Gasteiger partial charge in [0.15, 0.2) is 10.9 Å². The Hall–Kier alpha value is -3.47. The number of hydrogen-bond acceptors (Lipinski definition) is 7. The topological polar surface area (TPSA) is 70.6 Å². The number of benzene rings is 2. The minimum atomic E-state index is -4.59.